The molecular formula is C16H22N2O3S. The van der Waals surface area contributed by atoms with Crippen molar-refractivity contribution in [2.24, 2.45) is 0 Å². The third-order valence-corrected chi connectivity index (χ3v) is 6.34. The van der Waals surface area contributed by atoms with Gasteiger partial charge in [0, 0.05) is 18.5 Å². The highest BCUT2D eigenvalue weighted by Crippen LogP contribution is 2.30. The van der Waals surface area contributed by atoms with Gasteiger partial charge in [-0.2, -0.15) is 0 Å². The number of benzene rings is 1. The lowest BCUT2D eigenvalue weighted by molar-refractivity contribution is 0.237. The van der Waals surface area contributed by atoms with Crippen LogP contribution in [0.3, 0.4) is 0 Å². The predicted octanol–water partition coefficient (Wildman–Crippen LogP) is 1.59. The van der Waals surface area contributed by atoms with Gasteiger partial charge in [0.25, 0.3) is 0 Å². The van der Waals surface area contributed by atoms with Crippen LogP contribution in [0.2, 0.25) is 0 Å². The van der Waals surface area contributed by atoms with E-state index in [0.717, 1.165) is 19.3 Å². The number of fused-ring (bicyclic) bond motifs is 1. The van der Waals surface area contributed by atoms with Crippen molar-refractivity contribution in [3.8, 4) is 0 Å². The molecule has 1 fully saturated rings. The molecule has 120 valence electrons. The maximum absolute atomic E-state index is 11.9. The van der Waals surface area contributed by atoms with Crippen molar-refractivity contribution in [2.45, 2.75) is 37.6 Å². The zero-order chi connectivity index (χ0) is 15.6. The molecular weight excluding hydrogens is 300 g/mol. The summed E-state index contributed by atoms with van der Waals surface area (Å²) in [6.07, 6.45) is 3.85. The Morgan fingerprint density at radius 2 is 2.05 bits per heavy atom. The van der Waals surface area contributed by atoms with Gasteiger partial charge in [-0.1, -0.05) is 24.3 Å². The highest BCUT2D eigenvalue weighted by molar-refractivity contribution is 7.91. The van der Waals surface area contributed by atoms with E-state index in [1.165, 1.54) is 11.1 Å². The van der Waals surface area contributed by atoms with Gasteiger partial charge in [0.15, 0.2) is 9.84 Å². The predicted molar refractivity (Wildman–Crippen MR) is 85.7 cm³/mol. The molecule has 22 heavy (non-hydrogen) atoms. The molecule has 0 saturated carbocycles. The van der Waals surface area contributed by atoms with E-state index in [4.69, 9.17) is 0 Å². The second-order valence-electron chi connectivity index (χ2n) is 6.24. The lowest BCUT2D eigenvalue weighted by Gasteiger charge is -2.26. The summed E-state index contributed by atoms with van der Waals surface area (Å²) in [5.41, 5.74) is 2.71. The lowest BCUT2D eigenvalue weighted by Crippen LogP contribution is -2.44. The monoisotopic (exact) mass is 322 g/mol. The number of hydrogen-bond donors (Lipinski definition) is 2. The van der Waals surface area contributed by atoms with Crippen molar-refractivity contribution in [3.05, 3.63) is 35.4 Å². The Kier molecular flexibility index (Phi) is 4.38. The molecule has 0 aromatic heterocycles. The summed E-state index contributed by atoms with van der Waals surface area (Å²) in [5.74, 6) is 0.587. The lowest BCUT2D eigenvalue weighted by atomic mass is 9.83. The summed E-state index contributed by atoms with van der Waals surface area (Å²) in [6.45, 7) is 0.600. The van der Waals surface area contributed by atoms with E-state index in [0.29, 0.717) is 18.9 Å². The van der Waals surface area contributed by atoms with E-state index >= 15 is 0 Å². The number of rotatable bonds is 3. The molecule has 0 spiro atoms. The van der Waals surface area contributed by atoms with Crippen LogP contribution in [0.4, 0.5) is 4.79 Å². The largest absolute Gasteiger partial charge is 0.338 e. The van der Waals surface area contributed by atoms with Crippen molar-refractivity contribution in [3.63, 3.8) is 0 Å². The summed E-state index contributed by atoms with van der Waals surface area (Å²) >= 11 is 0. The first-order chi connectivity index (χ1) is 10.5. The van der Waals surface area contributed by atoms with E-state index in [1.807, 2.05) is 6.07 Å². The number of hydrogen-bond acceptors (Lipinski definition) is 3. The van der Waals surface area contributed by atoms with Crippen LogP contribution < -0.4 is 10.6 Å². The highest BCUT2D eigenvalue weighted by atomic mass is 32.2. The van der Waals surface area contributed by atoms with Gasteiger partial charge < -0.3 is 10.6 Å². The first kappa shape index (κ1) is 15.3. The second-order valence-corrected chi connectivity index (χ2v) is 8.47. The van der Waals surface area contributed by atoms with Crippen LogP contribution in [-0.2, 0) is 16.3 Å². The Bertz CT molecular complexity index is 657. The van der Waals surface area contributed by atoms with Gasteiger partial charge in [0.1, 0.15) is 0 Å². The molecule has 6 heteroatoms. The van der Waals surface area contributed by atoms with Gasteiger partial charge in [-0.3, -0.25) is 0 Å². The van der Waals surface area contributed by atoms with Crippen LogP contribution in [0.25, 0.3) is 0 Å². The number of urea groups is 1. The Labute approximate surface area is 131 Å². The van der Waals surface area contributed by atoms with Crippen molar-refractivity contribution >= 4 is 15.9 Å². The molecule has 0 radical (unpaired) electrons. The summed E-state index contributed by atoms with van der Waals surface area (Å²) in [7, 11) is -2.96. The first-order valence-corrected chi connectivity index (χ1v) is 9.68. The molecule has 5 nitrogen and oxygen atoms in total. The standard InChI is InChI=1S/C16H22N2O3S/c19-16(18-14-8-9-22(20,21)11-14)17-10-13-6-3-5-12-4-1-2-7-15(12)13/h1-2,4,7,13-14H,3,5-6,8-11H2,(H2,17,18,19)/t13-,14-/m1/s1. The smallest absolute Gasteiger partial charge is 0.315 e. The van der Waals surface area contributed by atoms with Crippen molar-refractivity contribution < 1.29 is 13.2 Å². The zero-order valence-corrected chi connectivity index (χ0v) is 13.4. The fourth-order valence-electron chi connectivity index (χ4n) is 3.43. The topological polar surface area (TPSA) is 75.3 Å². The van der Waals surface area contributed by atoms with Gasteiger partial charge in [-0.15, -0.1) is 0 Å². The highest BCUT2D eigenvalue weighted by Gasteiger charge is 2.29. The minimum Gasteiger partial charge on any atom is -0.338 e. The Balaban J connectivity index is 1.52. The van der Waals surface area contributed by atoms with Crippen molar-refractivity contribution in [1.82, 2.24) is 10.6 Å². The average molecular weight is 322 g/mol. The SMILES string of the molecule is O=C(NC[C@H]1CCCc2ccccc21)N[C@@H]1CCS(=O)(=O)C1. The molecule has 0 bridgehead atoms. The number of amides is 2. The summed E-state index contributed by atoms with van der Waals surface area (Å²) in [6, 6.07) is 7.89. The third-order valence-electron chi connectivity index (χ3n) is 4.57. The third kappa shape index (κ3) is 3.61. The molecule has 1 saturated heterocycles. The molecule has 2 aliphatic rings. The van der Waals surface area contributed by atoms with E-state index < -0.39 is 9.84 Å². The van der Waals surface area contributed by atoms with Crippen LogP contribution in [0.1, 0.15) is 36.3 Å². The fourth-order valence-corrected chi connectivity index (χ4v) is 5.10. The quantitative estimate of drug-likeness (QED) is 0.887. The van der Waals surface area contributed by atoms with E-state index in [-0.39, 0.29) is 23.6 Å². The minimum atomic E-state index is -2.96. The fraction of sp³-hybridized carbons (Fsp3) is 0.562. The summed E-state index contributed by atoms with van der Waals surface area (Å²) in [4.78, 5) is 11.9. The summed E-state index contributed by atoms with van der Waals surface area (Å²) < 4.78 is 22.8. The van der Waals surface area contributed by atoms with Gasteiger partial charge in [0.2, 0.25) is 0 Å². The van der Waals surface area contributed by atoms with E-state index in [2.05, 4.69) is 28.8 Å². The Morgan fingerprint density at radius 1 is 1.23 bits per heavy atom. The molecule has 0 unspecified atom stereocenters. The van der Waals surface area contributed by atoms with Gasteiger partial charge in [-0.25, -0.2) is 13.2 Å². The number of aryl methyl sites for hydroxylation is 1. The summed E-state index contributed by atoms with van der Waals surface area (Å²) in [5, 5.41) is 5.67. The van der Waals surface area contributed by atoms with Crippen LogP contribution in [0.15, 0.2) is 24.3 Å². The molecule has 2 N–H and O–H groups in total. The molecule has 1 heterocycles. The number of sulfone groups is 1. The molecule has 2 amide bonds. The molecule has 1 aromatic carbocycles. The molecule has 1 aromatic rings. The number of nitrogens with one attached hydrogen (secondary N) is 2. The maximum Gasteiger partial charge on any atom is 0.315 e. The second kappa shape index (κ2) is 6.28. The molecule has 2 atom stereocenters. The molecule has 1 aliphatic carbocycles. The number of carbonyl (C=O) groups excluding carboxylic acids is 1. The van der Waals surface area contributed by atoms with Gasteiger partial charge >= 0.3 is 6.03 Å². The van der Waals surface area contributed by atoms with Crippen LogP contribution >= 0.6 is 0 Å². The zero-order valence-electron chi connectivity index (χ0n) is 12.5. The normalized spacial score (nSPS) is 26.2. The van der Waals surface area contributed by atoms with Crippen molar-refractivity contribution in [1.29, 1.82) is 0 Å². The number of carbonyl (C=O) groups is 1. The van der Waals surface area contributed by atoms with Crippen LogP contribution in [0, 0.1) is 0 Å². The van der Waals surface area contributed by atoms with Crippen molar-refractivity contribution in [2.75, 3.05) is 18.1 Å². The van der Waals surface area contributed by atoms with E-state index in [9.17, 15) is 13.2 Å². The molecule has 1 aliphatic heterocycles. The average Bonchev–Trinajstić information content (AvgIpc) is 2.84. The van der Waals surface area contributed by atoms with E-state index in [1.54, 1.807) is 0 Å². The minimum absolute atomic E-state index is 0.0622. The van der Waals surface area contributed by atoms with Gasteiger partial charge in [-0.05, 0) is 36.8 Å². The first-order valence-electron chi connectivity index (χ1n) is 7.86. The maximum atomic E-state index is 11.9. The van der Waals surface area contributed by atoms with Crippen LogP contribution in [0.5, 0.6) is 0 Å². The van der Waals surface area contributed by atoms with Crippen LogP contribution in [-0.4, -0.2) is 38.5 Å². The Morgan fingerprint density at radius 3 is 2.82 bits per heavy atom. The van der Waals surface area contributed by atoms with Gasteiger partial charge in [0.05, 0.1) is 11.5 Å². The molecule has 3 rings (SSSR count). The Hall–Kier alpha value is -1.56.